The minimum atomic E-state index is 0.521. The fourth-order valence-corrected chi connectivity index (χ4v) is 3.32. The van der Waals surface area contributed by atoms with Gasteiger partial charge in [-0.2, -0.15) is 0 Å². The summed E-state index contributed by atoms with van der Waals surface area (Å²) < 4.78 is 7.69. The van der Waals surface area contributed by atoms with Crippen molar-refractivity contribution in [1.29, 1.82) is 0 Å². The molecule has 0 amide bonds. The highest BCUT2D eigenvalue weighted by molar-refractivity contribution is 6.36. The van der Waals surface area contributed by atoms with Crippen LogP contribution in [0.3, 0.4) is 0 Å². The zero-order chi connectivity index (χ0) is 12.9. The molecule has 0 saturated heterocycles. The molecule has 1 unspecified atom stereocenters. The number of rotatable bonds is 2. The van der Waals surface area contributed by atoms with Crippen molar-refractivity contribution in [2.24, 2.45) is 7.05 Å². The average Bonchev–Trinajstić information content (AvgIpc) is 2.90. The summed E-state index contributed by atoms with van der Waals surface area (Å²) in [6.45, 7) is 0. The summed E-state index contributed by atoms with van der Waals surface area (Å²) in [4.78, 5) is 0. The minimum absolute atomic E-state index is 0.521. The van der Waals surface area contributed by atoms with E-state index >= 15 is 0 Å². The van der Waals surface area contributed by atoms with Crippen molar-refractivity contribution in [3.63, 3.8) is 0 Å². The molecule has 4 heteroatoms. The maximum absolute atomic E-state index is 6.38. The highest BCUT2D eigenvalue weighted by Crippen LogP contribution is 2.40. The third-order valence-corrected chi connectivity index (χ3v) is 4.31. The van der Waals surface area contributed by atoms with Crippen LogP contribution in [0.25, 0.3) is 10.9 Å². The standard InChI is InChI=1S/C14H17ClN2O/c1-16-8-6-9-11(7-8)17(2)14-12(18-3)5-4-10(15)13(9)14/h4-5,8,16H,6-7H2,1-3H3. The van der Waals surface area contributed by atoms with Crippen molar-refractivity contribution >= 4 is 22.5 Å². The second kappa shape index (κ2) is 4.18. The summed E-state index contributed by atoms with van der Waals surface area (Å²) in [5.74, 6) is 0.896. The van der Waals surface area contributed by atoms with Gasteiger partial charge in [0.15, 0.2) is 0 Å². The van der Waals surface area contributed by atoms with E-state index in [0.717, 1.165) is 34.5 Å². The molecule has 1 aliphatic rings. The molecule has 1 aromatic heterocycles. The molecule has 0 spiro atoms. The highest BCUT2D eigenvalue weighted by Gasteiger charge is 2.28. The van der Waals surface area contributed by atoms with Gasteiger partial charge in [0.25, 0.3) is 0 Å². The van der Waals surface area contributed by atoms with Gasteiger partial charge in [0, 0.05) is 30.6 Å². The van der Waals surface area contributed by atoms with Gasteiger partial charge in [0.2, 0.25) is 0 Å². The number of nitrogens with one attached hydrogen (secondary N) is 1. The molecule has 3 nitrogen and oxygen atoms in total. The van der Waals surface area contributed by atoms with Gasteiger partial charge in [0.05, 0.1) is 17.6 Å². The summed E-state index contributed by atoms with van der Waals surface area (Å²) in [6, 6.07) is 4.39. The van der Waals surface area contributed by atoms with Crippen LogP contribution in [0.4, 0.5) is 0 Å². The van der Waals surface area contributed by atoms with Crippen LogP contribution >= 0.6 is 11.6 Å². The first kappa shape index (κ1) is 11.9. The van der Waals surface area contributed by atoms with Crippen molar-refractivity contribution in [2.45, 2.75) is 18.9 Å². The van der Waals surface area contributed by atoms with Crippen LogP contribution in [0.15, 0.2) is 12.1 Å². The third-order valence-electron chi connectivity index (χ3n) is 4.00. The van der Waals surface area contributed by atoms with E-state index in [0.29, 0.717) is 6.04 Å². The summed E-state index contributed by atoms with van der Waals surface area (Å²) >= 11 is 6.38. The number of likely N-dealkylation sites (N-methyl/N-ethyl adjacent to an activating group) is 1. The molecule has 1 heterocycles. The molecule has 3 rings (SSSR count). The van der Waals surface area contributed by atoms with Crippen molar-refractivity contribution in [3.8, 4) is 5.75 Å². The number of aryl methyl sites for hydroxylation is 1. The SMILES string of the molecule is CNC1Cc2c(n(C)c3c(OC)ccc(Cl)c23)C1. The van der Waals surface area contributed by atoms with Crippen molar-refractivity contribution in [2.75, 3.05) is 14.2 Å². The lowest BCUT2D eigenvalue weighted by molar-refractivity contribution is 0.417. The van der Waals surface area contributed by atoms with Crippen LogP contribution in [-0.2, 0) is 19.9 Å². The molecule has 1 atom stereocenters. The Morgan fingerprint density at radius 1 is 1.39 bits per heavy atom. The number of benzene rings is 1. The van der Waals surface area contributed by atoms with Gasteiger partial charge in [-0.1, -0.05) is 11.6 Å². The molecular formula is C14H17ClN2O. The average molecular weight is 265 g/mol. The molecule has 1 N–H and O–H groups in total. The first-order valence-corrected chi connectivity index (χ1v) is 6.55. The maximum atomic E-state index is 6.38. The smallest absolute Gasteiger partial charge is 0.143 e. The Morgan fingerprint density at radius 3 is 2.83 bits per heavy atom. The van der Waals surface area contributed by atoms with Crippen LogP contribution in [-0.4, -0.2) is 24.8 Å². The van der Waals surface area contributed by atoms with E-state index in [4.69, 9.17) is 16.3 Å². The zero-order valence-corrected chi connectivity index (χ0v) is 11.6. The fourth-order valence-electron chi connectivity index (χ4n) is 3.05. The molecule has 0 fully saturated rings. The Morgan fingerprint density at radius 2 is 2.17 bits per heavy atom. The summed E-state index contributed by atoms with van der Waals surface area (Å²) in [6.07, 6.45) is 2.09. The lowest BCUT2D eigenvalue weighted by atomic mass is 10.1. The summed E-state index contributed by atoms with van der Waals surface area (Å²) in [5, 5.41) is 5.33. The van der Waals surface area contributed by atoms with Crippen LogP contribution in [0.5, 0.6) is 5.75 Å². The van der Waals surface area contributed by atoms with Gasteiger partial charge < -0.3 is 14.6 Å². The Bertz CT molecular complexity index is 618. The molecule has 0 aliphatic heterocycles. The summed E-state index contributed by atoms with van der Waals surface area (Å²) in [7, 11) is 5.82. The lowest BCUT2D eigenvalue weighted by Crippen LogP contribution is -2.25. The van der Waals surface area contributed by atoms with E-state index < -0.39 is 0 Å². The van der Waals surface area contributed by atoms with E-state index in [1.54, 1.807) is 7.11 Å². The van der Waals surface area contributed by atoms with E-state index in [9.17, 15) is 0 Å². The van der Waals surface area contributed by atoms with E-state index in [-0.39, 0.29) is 0 Å². The maximum Gasteiger partial charge on any atom is 0.143 e. The van der Waals surface area contributed by atoms with Gasteiger partial charge in [0.1, 0.15) is 5.75 Å². The number of hydrogen-bond donors (Lipinski definition) is 1. The summed E-state index contributed by atoms with van der Waals surface area (Å²) in [5.41, 5.74) is 3.86. The lowest BCUT2D eigenvalue weighted by Gasteiger charge is -2.11. The molecule has 1 aromatic carbocycles. The molecule has 18 heavy (non-hydrogen) atoms. The molecular weight excluding hydrogens is 248 g/mol. The number of nitrogens with zero attached hydrogens (tertiary/aromatic N) is 1. The number of methoxy groups -OCH3 is 1. The zero-order valence-electron chi connectivity index (χ0n) is 10.9. The molecule has 0 saturated carbocycles. The molecule has 1 aliphatic carbocycles. The normalized spacial score (nSPS) is 18.3. The van der Waals surface area contributed by atoms with Gasteiger partial charge in [-0.25, -0.2) is 0 Å². The van der Waals surface area contributed by atoms with Gasteiger partial charge in [-0.05, 0) is 31.2 Å². The first-order valence-electron chi connectivity index (χ1n) is 6.17. The van der Waals surface area contributed by atoms with Crippen LogP contribution in [0, 0.1) is 0 Å². The quantitative estimate of drug-likeness (QED) is 0.902. The number of hydrogen-bond acceptors (Lipinski definition) is 2. The molecule has 96 valence electrons. The Balaban J connectivity index is 2.31. The van der Waals surface area contributed by atoms with E-state index in [2.05, 4.69) is 16.9 Å². The van der Waals surface area contributed by atoms with Crippen LogP contribution in [0.1, 0.15) is 11.3 Å². The highest BCUT2D eigenvalue weighted by atomic mass is 35.5. The third kappa shape index (κ3) is 1.47. The number of fused-ring (bicyclic) bond motifs is 3. The van der Waals surface area contributed by atoms with Gasteiger partial charge in [-0.3, -0.25) is 0 Å². The number of ether oxygens (including phenoxy) is 1. The van der Waals surface area contributed by atoms with Crippen molar-refractivity contribution in [3.05, 3.63) is 28.4 Å². The van der Waals surface area contributed by atoms with Crippen molar-refractivity contribution < 1.29 is 4.74 Å². The second-order valence-electron chi connectivity index (χ2n) is 4.85. The Labute approximate surface area is 112 Å². The molecule has 2 aromatic rings. The van der Waals surface area contributed by atoms with Crippen LogP contribution < -0.4 is 10.1 Å². The monoisotopic (exact) mass is 264 g/mol. The second-order valence-corrected chi connectivity index (χ2v) is 5.26. The largest absolute Gasteiger partial charge is 0.495 e. The van der Waals surface area contributed by atoms with Gasteiger partial charge >= 0.3 is 0 Å². The van der Waals surface area contributed by atoms with Gasteiger partial charge in [-0.15, -0.1) is 0 Å². The Hall–Kier alpha value is -1.19. The first-order chi connectivity index (χ1) is 8.67. The topological polar surface area (TPSA) is 26.2 Å². The van der Waals surface area contributed by atoms with E-state index in [1.165, 1.54) is 11.3 Å². The van der Waals surface area contributed by atoms with Crippen molar-refractivity contribution in [1.82, 2.24) is 9.88 Å². The number of halogens is 1. The fraction of sp³-hybridized carbons (Fsp3) is 0.429. The molecule has 0 radical (unpaired) electrons. The van der Waals surface area contributed by atoms with E-state index in [1.807, 2.05) is 19.2 Å². The molecule has 0 bridgehead atoms. The minimum Gasteiger partial charge on any atom is -0.495 e. The number of aromatic nitrogens is 1. The van der Waals surface area contributed by atoms with Crippen LogP contribution in [0.2, 0.25) is 5.02 Å². The predicted octanol–water partition coefficient (Wildman–Crippen LogP) is 2.53. The predicted molar refractivity (Wildman–Crippen MR) is 74.7 cm³/mol. The Kier molecular flexibility index (Phi) is 2.76.